The first-order chi connectivity index (χ1) is 11.2. The number of hydrogen-bond acceptors (Lipinski definition) is 5. The molecule has 0 unspecified atom stereocenters. The molecule has 0 bridgehead atoms. The number of nitrogens with zero attached hydrogens (tertiary/aromatic N) is 4. The van der Waals surface area contributed by atoms with Gasteiger partial charge in [0.05, 0.1) is 29.0 Å². The van der Waals surface area contributed by atoms with Gasteiger partial charge in [-0.2, -0.15) is 0 Å². The van der Waals surface area contributed by atoms with Crippen LogP contribution >= 0.6 is 0 Å². The van der Waals surface area contributed by atoms with E-state index < -0.39 is 0 Å². The normalized spacial score (nSPS) is 20.2. The van der Waals surface area contributed by atoms with Gasteiger partial charge >= 0.3 is 0 Å². The number of piperazine rings is 1. The van der Waals surface area contributed by atoms with Gasteiger partial charge in [0, 0.05) is 45.9 Å². The van der Waals surface area contributed by atoms with E-state index in [9.17, 15) is 0 Å². The van der Waals surface area contributed by atoms with Crippen LogP contribution in [-0.2, 0) is 11.3 Å². The summed E-state index contributed by atoms with van der Waals surface area (Å²) in [4.78, 5) is 14.5. The van der Waals surface area contributed by atoms with E-state index in [2.05, 4.69) is 23.6 Å². The summed E-state index contributed by atoms with van der Waals surface area (Å²) in [5.41, 5.74) is 4.10. The van der Waals surface area contributed by atoms with Crippen LogP contribution in [0.3, 0.4) is 0 Å². The van der Waals surface area contributed by atoms with E-state index >= 15 is 0 Å². The van der Waals surface area contributed by atoms with Crippen LogP contribution in [0.1, 0.15) is 18.3 Å². The summed E-state index contributed by atoms with van der Waals surface area (Å²) in [7, 11) is 1.77. The van der Waals surface area contributed by atoms with Gasteiger partial charge in [-0.3, -0.25) is 9.80 Å². The Morgan fingerprint density at radius 1 is 1.17 bits per heavy atom. The van der Waals surface area contributed by atoms with E-state index in [0.717, 1.165) is 61.8 Å². The van der Waals surface area contributed by atoms with Crippen LogP contribution in [0.15, 0.2) is 24.3 Å². The van der Waals surface area contributed by atoms with Gasteiger partial charge < -0.3 is 4.74 Å². The predicted molar refractivity (Wildman–Crippen MR) is 92.5 cm³/mol. The zero-order valence-electron chi connectivity index (χ0n) is 14.3. The summed E-state index contributed by atoms with van der Waals surface area (Å²) >= 11 is 0. The molecule has 5 nitrogen and oxygen atoms in total. The number of benzene rings is 1. The highest BCUT2D eigenvalue weighted by Gasteiger charge is 2.24. The molecule has 0 spiro atoms. The highest BCUT2D eigenvalue weighted by Crippen LogP contribution is 2.16. The second kappa shape index (κ2) is 7.34. The molecule has 0 saturated carbocycles. The molecule has 0 N–H and O–H groups in total. The average molecular weight is 314 g/mol. The highest BCUT2D eigenvalue weighted by molar-refractivity contribution is 5.74. The number of hydrogen-bond donors (Lipinski definition) is 0. The SMILES string of the molecule is COCCN1CCN(Cc2nc3ccccc3nc2C)C[C@H]1C. The standard InChI is InChI=1S/C18H26N4O/c1-14-12-21(8-9-22(14)10-11-23-3)13-18-15(2)19-16-6-4-5-7-17(16)20-18/h4-7,14H,8-13H2,1-3H3/t14-/m1/s1. The lowest BCUT2D eigenvalue weighted by Crippen LogP contribution is -2.52. The molecule has 1 aromatic carbocycles. The fraction of sp³-hybridized carbons (Fsp3) is 0.556. The molecule has 2 aromatic rings. The van der Waals surface area contributed by atoms with Crippen molar-refractivity contribution in [2.45, 2.75) is 26.4 Å². The number of rotatable bonds is 5. The minimum absolute atomic E-state index is 0.549. The van der Waals surface area contributed by atoms with Crippen LogP contribution in [0.25, 0.3) is 11.0 Å². The molecule has 1 aliphatic heterocycles. The molecule has 23 heavy (non-hydrogen) atoms. The lowest BCUT2D eigenvalue weighted by atomic mass is 10.1. The number of fused-ring (bicyclic) bond motifs is 1. The zero-order valence-corrected chi connectivity index (χ0v) is 14.3. The summed E-state index contributed by atoms with van der Waals surface area (Å²) in [6, 6.07) is 8.64. The lowest BCUT2D eigenvalue weighted by Gasteiger charge is -2.39. The minimum Gasteiger partial charge on any atom is -0.383 e. The van der Waals surface area contributed by atoms with E-state index in [4.69, 9.17) is 14.7 Å². The van der Waals surface area contributed by atoms with Crippen molar-refractivity contribution in [2.75, 3.05) is 39.9 Å². The van der Waals surface area contributed by atoms with Gasteiger partial charge in [0.25, 0.3) is 0 Å². The van der Waals surface area contributed by atoms with Gasteiger partial charge in [0.1, 0.15) is 0 Å². The Bertz CT molecular complexity index is 661. The third-order valence-corrected chi connectivity index (χ3v) is 4.65. The van der Waals surface area contributed by atoms with Crippen molar-refractivity contribution in [2.24, 2.45) is 0 Å². The molecule has 0 amide bonds. The Hall–Kier alpha value is -1.56. The molecule has 1 aliphatic rings. The Kier molecular flexibility index (Phi) is 5.20. The fourth-order valence-corrected chi connectivity index (χ4v) is 3.24. The van der Waals surface area contributed by atoms with Crippen molar-refractivity contribution in [3.63, 3.8) is 0 Å². The second-order valence-corrected chi connectivity index (χ2v) is 6.36. The van der Waals surface area contributed by atoms with E-state index in [1.165, 1.54) is 0 Å². The predicted octanol–water partition coefficient (Wildman–Crippen LogP) is 2.09. The van der Waals surface area contributed by atoms with Gasteiger partial charge in [-0.25, -0.2) is 9.97 Å². The smallest absolute Gasteiger partial charge is 0.0890 e. The molecule has 0 aliphatic carbocycles. The molecule has 3 rings (SSSR count). The van der Waals surface area contributed by atoms with E-state index in [-0.39, 0.29) is 0 Å². The van der Waals surface area contributed by atoms with Crippen molar-refractivity contribution in [1.82, 2.24) is 19.8 Å². The second-order valence-electron chi connectivity index (χ2n) is 6.36. The average Bonchev–Trinajstić information content (AvgIpc) is 2.55. The van der Waals surface area contributed by atoms with Crippen LogP contribution in [-0.4, -0.2) is 65.7 Å². The molecule has 5 heteroatoms. The molecule has 1 fully saturated rings. The Morgan fingerprint density at radius 2 is 1.91 bits per heavy atom. The zero-order chi connectivity index (χ0) is 16.2. The van der Waals surface area contributed by atoms with E-state index in [1.54, 1.807) is 7.11 Å². The Morgan fingerprint density at radius 3 is 2.61 bits per heavy atom. The summed E-state index contributed by atoms with van der Waals surface area (Å²) in [5, 5.41) is 0. The van der Waals surface area contributed by atoms with Crippen molar-refractivity contribution in [1.29, 1.82) is 0 Å². The van der Waals surface area contributed by atoms with Crippen LogP contribution in [0.5, 0.6) is 0 Å². The van der Waals surface area contributed by atoms with Gasteiger partial charge in [0.15, 0.2) is 0 Å². The Balaban J connectivity index is 1.67. The van der Waals surface area contributed by atoms with Crippen LogP contribution < -0.4 is 0 Å². The molecule has 0 radical (unpaired) electrons. The number of methoxy groups -OCH3 is 1. The maximum absolute atomic E-state index is 5.20. The molecule has 1 atom stereocenters. The van der Waals surface area contributed by atoms with Gasteiger partial charge in [0.2, 0.25) is 0 Å². The molecule has 124 valence electrons. The first kappa shape index (κ1) is 16.3. The third kappa shape index (κ3) is 3.86. The fourth-order valence-electron chi connectivity index (χ4n) is 3.24. The highest BCUT2D eigenvalue weighted by atomic mass is 16.5. The van der Waals surface area contributed by atoms with Crippen molar-refractivity contribution in [3.05, 3.63) is 35.7 Å². The molecule has 1 saturated heterocycles. The number of aromatic nitrogens is 2. The largest absolute Gasteiger partial charge is 0.383 e. The number of para-hydroxylation sites is 2. The summed E-state index contributed by atoms with van der Waals surface area (Å²) in [6.07, 6.45) is 0. The maximum atomic E-state index is 5.20. The van der Waals surface area contributed by atoms with Gasteiger partial charge in [-0.1, -0.05) is 12.1 Å². The molecule has 2 heterocycles. The Labute approximate surface area is 138 Å². The van der Waals surface area contributed by atoms with Crippen molar-refractivity contribution in [3.8, 4) is 0 Å². The first-order valence-electron chi connectivity index (χ1n) is 8.35. The maximum Gasteiger partial charge on any atom is 0.0890 e. The van der Waals surface area contributed by atoms with E-state index in [0.29, 0.717) is 6.04 Å². The van der Waals surface area contributed by atoms with Crippen molar-refractivity contribution < 1.29 is 4.74 Å². The van der Waals surface area contributed by atoms with Gasteiger partial charge in [-0.05, 0) is 26.0 Å². The minimum atomic E-state index is 0.549. The molecular weight excluding hydrogens is 288 g/mol. The monoisotopic (exact) mass is 314 g/mol. The van der Waals surface area contributed by atoms with Crippen LogP contribution in [0.2, 0.25) is 0 Å². The van der Waals surface area contributed by atoms with Gasteiger partial charge in [-0.15, -0.1) is 0 Å². The van der Waals surface area contributed by atoms with E-state index in [1.807, 2.05) is 24.3 Å². The molecule has 1 aromatic heterocycles. The summed E-state index contributed by atoms with van der Waals surface area (Å²) < 4.78 is 5.20. The topological polar surface area (TPSA) is 41.5 Å². The molecular formula is C18H26N4O. The van der Waals surface area contributed by atoms with Crippen LogP contribution in [0, 0.1) is 6.92 Å². The third-order valence-electron chi connectivity index (χ3n) is 4.65. The number of aryl methyl sites for hydroxylation is 1. The number of ether oxygens (including phenoxy) is 1. The van der Waals surface area contributed by atoms with Crippen molar-refractivity contribution >= 4 is 11.0 Å². The summed E-state index contributed by atoms with van der Waals surface area (Å²) in [6.45, 7) is 10.3. The quantitative estimate of drug-likeness (QED) is 0.845. The summed E-state index contributed by atoms with van der Waals surface area (Å²) in [5.74, 6) is 0. The first-order valence-corrected chi connectivity index (χ1v) is 8.35. The lowest BCUT2D eigenvalue weighted by molar-refractivity contribution is 0.0551. The van der Waals surface area contributed by atoms with Crippen LogP contribution in [0.4, 0.5) is 0 Å².